The molecule has 0 heterocycles. The predicted molar refractivity (Wildman–Crippen MR) is 138 cm³/mol. The van der Waals surface area contributed by atoms with Crippen molar-refractivity contribution in [2.45, 2.75) is 55.9 Å². The Morgan fingerprint density at radius 3 is 2.17 bits per heavy atom. The largest absolute Gasteiger partial charge is 0.352 e. The summed E-state index contributed by atoms with van der Waals surface area (Å²) in [6.07, 6.45) is 7.88. The van der Waals surface area contributed by atoms with Crippen LogP contribution in [0.3, 0.4) is 0 Å². The number of carbonyl (C=O) groups excluding carboxylic acids is 2. The van der Waals surface area contributed by atoms with Crippen molar-refractivity contribution in [2.24, 2.45) is 0 Å². The minimum absolute atomic E-state index is 0.0916. The number of hydrogen-bond acceptors (Lipinski definition) is 4. The van der Waals surface area contributed by atoms with Crippen LogP contribution in [0.15, 0.2) is 71.6 Å². The maximum Gasteiger partial charge on any atom is 0.261 e. The molecule has 0 radical (unpaired) electrons. The number of fused-ring (bicyclic) bond motifs is 1. The number of rotatable bonds is 7. The number of sulfonamides is 1. The third-order valence-electron chi connectivity index (χ3n) is 6.31. The van der Waals surface area contributed by atoms with Gasteiger partial charge in [0.2, 0.25) is 5.91 Å². The Balaban J connectivity index is 1.31. The number of nitrogens with one attached hydrogen (secondary N) is 3. The molecule has 3 aromatic carbocycles. The number of anilines is 1. The van der Waals surface area contributed by atoms with E-state index in [1.54, 1.807) is 18.2 Å². The summed E-state index contributed by atoms with van der Waals surface area (Å²) in [7, 11) is -3.78. The molecule has 0 atom stereocenters. The van der Waals surface area contributed by atoms with Gasteiger partial charge < -0.3 is 10.6 Å². The first-order chi connectivity index (χ1) is 16.9. The molecule has 1 aliphatic rings. The van der Waals surface area contributed by atoms with Crippen LogP contribution in [0, 0.1) is 0 Å². The summed E-state index contributed by atoms with van der Waals surface area (Å²) < 4.78 is 28.2. The quantitative estimate of drug-likeness (QED) is 0.447. The lowest BCUT2D eigenvalue weighted by atomic mass is 9.97. The highest BCUT2D eigenvalue weighted by atomic mass is 32.2. The minimum Gasteiger partial charge on any atom is -0.352 e. The van der Waals surface area contributed by atoms with Crippen molar-refractivity contribution < 1.29 is 18.0 Å². The van der Waals surface area contributed by atoms with E-state index in [4.69, 9.17) is 0 Å². The van der Waals surface area contributed by atoms with Gasteiger partial charge >= 0.3 is 0 Å². The molecule has 0 spiro atoms. The van der Waals surface area contributed by atoms with E-state index in [-0.39, 0.29) is 29.3 Å². The Morgan fingerprint density at radius 1 is 0.800 bits per heavy atom. The lowest BCUT2D eigenvalue weighted by Crippen LogP contribution is -2.42. The van der Waals surface area contributed by atoms with E-state index in [0.717, 1.165) is 36.5 Å². The first-order valence-electron chi connectivity index (χ1n) is 12.1. The third kappa shape index (κ3) is 6.82. The maximum absolute atomic E-state index is 12.8. The van der Waals surface area contributed by atoms with Crippen LogP contribution in [-0.4, -0.2) is 32.8 Å². The van der Waals surface area contributed by atoms with Gasteiger partial charge in [0.15, 0.2) is 0 Å². The topological polar surface area (TPSA) is 104 Å². The Labute approximate surface area is 206 Å². The Kier molecular flexibility index (Phi) is 8.02. The maximum atomic E-state index is 12.8. The molecule has 0 saturated heterocycles. The molecule has 4 rings (SSSR count). The van der Waals surface area contributed by atoms with Crippen LogP contribution >= 0.6 is 0 Å². The van der Waals surface area contributed by atoms with Crippen LogP contribution in [0.4, 0.5) is 5.69 Å². The van der Waals surface area contributed by atoms with Crippen LogP contribution in [-0.2, 0) is 14.8 Å². The summed E-state index contributed by atoms with van der Waals surface area (Å²) in [5.41, 5.74) is 0.689. The molecular formula is C27H31N3O4S. The Bertz CT molecular complexity index is 1280. The third-order valence-corrected chi connectivity index (χ3v) is 7.69. The molecule has 1 saturated carbocycles. The fraction of sp³-hybridized carbons (Fsp3) is 0.333. The zero-order valence-corrected chi connectivity index (χ0v) is 20.4. The smallest absolute Gasteiger partial charge is 0.261 e. The fourth-order valence-corrected chi connectivity index (χ4v) is 5.47. The van der Waals surface area contributed by atoms with E-state index in [0.29, 0.717) is 11.3 Å². The highest BCUT2D eigenvalue weighted by Gasteiger charge is 2.17. The normalized spacial score (nSPS) is 15.1. The van der Waals surface area contributed by atoms with Crippen molar-refractivity contribution in [3.05, 3.63) is 72.3 Å². The van der Waals surface area contributed by atoms with Gasteiger partial charge in [0.1, 0.15) is 0 Å². The first-order valence-corrected chi connectivity index (χ1v) is 13.6. The molecule has 0 aliphatic heterocycles. The van der Waals surface area contributed by atoms with Crippen LogP contribution in [0.25, 0.3) is 10.8 Å². The van der Waals surface area contributed by atoms with Crippen molar-refractivity contribution in [1.29, 1.82) is 0 Å². The van der Waals surface area contributed by atoms with E-state index in [9.17, 15) is 18.0 Å². The molecule has 3 aromatic rings. The van der Waals surface area contributed by atoms with Gasteiger partial charge in [0.25, 0.3) is 15.9 Å². The van der Waals surface area contributed by atoms with E-state index in [2.05, 4.69) is 15.4 Å². The van der Waals surface area contributed by atoms with Gasteiger partial charge in [-0.2, -0.15) is 0 Å². The van der Waals surface area contributed by atoms with E-state index in [1.807, 2.05) is 24.3 Å². The average Bonchev–Trinajstić information content (AvgIpc) is 2.84. The van der Waals surface area contributed by atoms with Gasteiger partial charge in [0.05, 0.1) is 11.4 Å². The summed E-state index contributed by atoms with van der Waals surface area (Å²) in [5.74, 6) is -0.578. The average molecular weight is 494 g/mol. The number of benzene rings is 3. The van der Waals surface area contributed by atoms with Crippen LogP contribution in [0.1, 0.15) is 55.3 Å². The molecule has 184 valence electrons. The van der Waals surface area contributed by atoms with Gasteiger partial charge in [-0.15, -0.1) is 0 Å². The molecule has 2 amide bonds. The van der Waals surface area contributed by atoms with E-state index >= 15 is 0 Å². The van der Waals surface area contributed by atoms with Gasteiger partial charge in [-0.1, -0.05) is 62.4 Å². The van der Waals surface area contributed by atoms with Crippen molar-refractivity contribution in [2.75, 3.05) is 11.3 Å². The Morgan fingerprint density at radius 2 is 1.46 bits per heavy atom. The van der Waals surface area contributed by atoms with Crippen molar-refractivity contribution in [1.82, 2.24) is 10.6 Å². The molecular weight excluding hydrogens is 462 g/mol. The monoisotopic (exact) mass is 493 g/mol. The second kappa shape index (κ2) is 11.4. The van der Waals surface area contributed by atoms with Crippen LogP contribution < -0.4 is 15.4 Å². The van der Waals surface area contributed by atoms with E-state index in [1.165, 1.54) is 43.5 Å². The minimum atomic E-state index is -3.78. The van der Waals surface area contributed by atoms with E-state index < -0.39 is 10.0 Å². The molecule has 1 fully saturated rings. The van der Waals surface area contributed by atoms with Crippen molar-refractivity contribution >= 4 is 38.3 Å². The van der Waals surface area contributed by atoms with Gasteiger partial charge in [-0.25, -0.2) is 8.42 Å². The molecule has 1 aliphatic carbocycles. The molecule has 0 unspecified atom stereocenters. The summed E-state index contributed by atoms with van der Waals surface area (Å²) >= 11 is 0. The lowest BCUT2D eigenvalue weighted by Gasteiger charge is -2.21. The molecule has 7 nitrogen and oxygen atoms in total. The van der Waals surface area contributed by atoms with Crippen LogP contribution in [0.5, 0.6) is 0 Å². The number of carbonyl (C=O) groups is 2. The first kappa shape index (κ1) is 24.7. The predicted octanol–water partition coefficient (Wildman–Crippen LogP) is 4.60. The molecule has 3 N–H and O–H groups in total. The highest BCUT2D eigenvalue weighted by Crippen LogP contribution is 2.22. The second-order valence-electron chi connectivity index (χ2n) is 8.98. The summed E-state index contributed by atoms with van der Waals surface area (Å²) in [5, 5.41) is 7.45. The van der Waals surface area contributed by atoms with Crippen LogP contribution in [0.2, 0.25) is 0 Å². The number of amides is 2. The summed E-state index contributed by atoms with van der Waals surface area (Å²) in [6.45, 7) is -0.0916. The zero-order valence-electron chi connectivity index (χ0n) is 19.6. The van der Waals surface area contributed by atoms with Gasteiger partial charge in [0, 0.05) is 17.3 Å². The summed E-state index contributed by atoms with van der Waals surface area (Å²) in [4.78, 5) is 24.9. The second-order valence-corrected chi connectivity index (χ2v) is 10.7. The fourth-order valence-electron chi connectivity index (χ4n) is 4.38. The SMILES string of the molecule is O=C(CNC(=O)c1ccc(NS(=O)(=O)c2ccc3ccccc3c2)cc1)NC1CCCCCCC1. The zero-order chi connectivity index (χ0) is 24.7. The molecule has 0 aromatic heterocycles. The summed E-state index contributed by atoms with van der Waals surface area (Å²) in [6, 6.07) is 18.8. The van der Waals surface area contributed by atoms with Gasteiger partial charge in [-0.05, 0) is 60.0 Å². The van der Waals surface area contributed by atoms with Crippen molar-refractivity contribution in [3.63, 3.8) is 0 Å². The molecule has 0 bridgehead atoms. The number of hydrogen-bond donors (Lipinski definition) is 3. The van der Waals surface area contributed by atoms with Gasteiger partial charge in [-0.3, -0.25) is 14.3 Å². The molecule has 8 heteroatoms. The highest BCUT2D eigenvalue weighted by molar-refractivity contribution is 7.92. The van der Waals surface area contributed by atoms with Crippen molar-refractivity contribution in [3.8, 4) is 0 Å². The standard InChI is InChI=1S/C27H31N3O4S/c31-26(29-23-10-4-2-1-3-5-11-23)19-28-27(32)21-12-15-24(16-13-21)30-35(33,34)25-17-14-20-8-6-7-9-22(20)18-25/h6-9,12-18,23,30H,1-5,10-11,19H2,(H,28,32)(H,29,31). The lowest BCUT2D eigenvalue weighted by molar-refractivity contribution is -0.120. The molecule has 35 heavy (non-hydrogen) atoms. The Hall–Kier alpha value is -3.39.